The van der Waals surface area contributed by atoms with Gasteiger partial charge in [0.15, 0.2) is 11.5 Å². The third-order valence-corrected chi connectivity index (χ3v) is 6.66. The Labute approximate surface area is 165 Å². The standard InChI is InChI=1S/C20H24N2O5S/c1-14-6-4-7-15(12-14)21-20(23)17-8-5-11-22(17)28(24,25)16-9-10-18(26-2)19(13-16)27-3/h4,6-7,9-10,12-13,17H,5,8,11H2,1-3H3,(H,21,23). The number of rotatable bonds is 6. The molecule has 150 valence electrons. The van der Waals surface area contributed by atoms with Crippen molar-refractivity contribution in [3.63, 3.8) is 0 Å². The molecule has 2 aromatic rings. The molecule has 1 N–H and O–H groups in total. The van der Waals surface area contributed by atoms with Crippen LogP contribution in [0.15, 0.2) is 47.4 Å². The first-order valence-corrected chi connectivity index (χ1v) is 10.4. The second kappa shape index (κ2) is 8.20. The molecule has 0 aromatic heterocycles. The van der Waals surface area contributed by atoms with Crippen LogP contribution in [0.4, 0.5) is 5.69 Å². The molecule has 0 aliphatic carbocycles. The minimum atomic E-state index is -3.85. The number of nitrogens with one attached hydrogen (secondary N) is 1. The Morgan fingerprint density at radius 2 is 1.86 bits per heavy atom. The smallest absolute Gasteiger partial charge is 0.243 e. The summed E-state index contributed by atoms with van der Waals surface area (Å²) in [6, 6.07) is 11.1. The molecule has 1 aliphatic rings. The van der Waals surface area contributed by atoms with E-state index in [2.05, 4.69) is 5.32 Å². The molecule has 1 unspecified atom stereocenters. The molecule has 0 bridgehead atoms. The number of aryl methyl sites for hydroxylation is 1. The summed E-state index contributed by atoms with van der Waals surface area (Å²) in [6.07, 6.45) is 1.10. The summed E-state index contributed by atoms with van der Waals surface area (Å²) in [5, 5.41) is 2.83. The van der Waals surface area contributed by atoms with E-state index in [0.29, 0.717) is 36.6 Å². The lowest BCUT2D eigenvalue weighted by atomic mass is 10.2. The van der Waals surface area contributed by atoms with Gasteiger partial charge in [0.2, 0.25) is 15.9 Å². The lowest BCUT2D eigenvalue weighted by Gasteiger charge is -2.24. The van der Waals surface area contributed by atoms with Gasteiger partial charge in [-0.15, -0.1) is 0 Å². The van der Waals surface area contributed by atoms with Gasteiger partial charge in [-0.1, -0.05) is 12.1 Å². The van der Waals surface area contributed by atoms with Gasteiger partial charge < -0.3 is 14.8 Å². The van der Waals surface area contributed by atoms with E-state index < -0.39 is 16.1 Å². The minimum Gasteiger partial charge on any atom is -0.493 e. The average Bonchev–Trinajstić information content (AvgIpc) is 3.18. The van der Waals surface area contributed by atoms with Crippen molar-refractivity contribution in [1.82, 2.24) is 4.31 Å². The van der Waals surface area contributed by atoms with Gasteiger partial charge in [0, 0.05) is 18.3 Å². The lowest BCUT2D eigenvalue weighted by Crippen LogP contribution is -2.43. The van der Waals surface area contributed by atoms with Crippen molar-refractivity contribution in [3.05, 3.63) is 48.0 Å². The van der Waals surface area contributed by atoms with Crippen LogP contribution in [0.5, 0.6) is 11.5 Å². The second-order valence-corrected chi connectivity index (χ2v) is 8.54. The molecule has 1 heterocycles. The number of amides is 1. The molecule has 0 spiro atoms. The summed E-state index contributed by atoms with van der Waals surface area (Å²) in [5.41, 5.74) is 1.67. The van der Waals surface area contributed by atoms with Gasteiger partial charge in [0.05, 0.1) is 19.1 Å². The molecular weight excluding hydrogens is 380 g/mol. The van der Waals surface area contributed by atoms with Crippen LogP contribution >= 0.6 is 0 Å². The van der Waals surface area contributed by atoms with Gasteiger partial charge in [-0.25, -0.2) is 8.42 Å². The van der Waals surface area contributed by atoms with Crippen LogP contribution in [-0.2, 0) is 14.8 Å². The third-order valence-electron chi connectivity index (χ3n) is 4.75. The van der Waals surface area contributed by atoms with Crippen LogP contribution in [0.25, 0.3) is 0 Å². The zero-order valence-electron chi connectivity index (χ0n) is 16.1. The topological polar surface area (TPSA) is 84.9 Å². The molecule has 7 nitrogen and oxygen atoms in total. The van der Waals surface area contributed by atoms with E-state index in [1.165, 1.54) is 30.7 Å². The van der Waals surface area contributed by atoms with Crippen LogP contribution in [0.3, 0.4) is 0 Å². The first-order valence-electron chi connectivity index (χ1n) is 8.98. The number of hydrogen-bond acceptors (Lipinski definition) is 5. The Hall–Kier alpha value is -2.58. The van der Waals surface area contributed by atoms with Crippen molar-refractivity contribution in [3.8, 4) is 11.5 Å². The monoisotopic (exact) mass is 404 g/mol. The molecule has 0 radical (unpaired) electrons. The highest BCUT2D eigenvalue weighted by molar-refractivity contribution is 7.89. The number of nitrogens with zero attached hydrogens (tertiary/aromatic N) is 1. The zero-order valence-corrected chi connectivity index (χ0v) is 17.0. The van der Waals surface area contributed by atoms with E-state index in [-0.39, 0.29) is 10.8 Å². The van der Waals surface area contributed by atoms with E-state index in [1.807, 2.05) is 25.1 Å². The van der Waals surface area contributed by atoms with Gasteiger partial charge in [-0.3, -0.25) is 4.79 Å². The normalized spacial score (nSPS) is 17.3. The fraction of sp³-hybridized carbons (Fsp3) is 0.350. The van der Waals surface area contributed by atoms with Crippen LogP contribution in [0.2, 0.25) is 0 Å². The number of carbonyl (C=O) groups excluding carboxylic acids is 1. The van der Waals surface area contributed by atoms with Gasteiger partial charge in [-0.05, 0) is 49.6 Å². The van der Waals surface area contributed by atoms with Crippen molar-refractivity contribution in [2.24, 2.45) is 0 Å². The minimum absolute atomic E-state index is 0.0698. The molecule has 0 saturated carbocycles. The van der Waals surface area contributed by atoms with Crippen molar-refractivity contribution in [1.29, 1.82) is 0 Å². The molecule has 1 saturated heterocycles. The zero-order chi connectivity index (χ0) is 20.3. The molecule has 3 rings (SSSR count). The molecule has 2 aromatic carbocycles. The molecule has 1 amide bonds. The maximum atomic E-state index is 13.2. The predicted molar refractivity (Wildman–Crippen MR) is 106 cm³/mol. The highest BCUT2D eigenvalue weighted by Crippen LogP contribution is 2.33. The van der Waals surface area contributed by atoms with E-state index >= 15 is 0 Å². The largest absolute Gasteiger partial charge is 0.493 e. The summed E-state index contributed by atoms with van der Waals surface area (Å²) in [4.78, 5) is 12.8. The molecular formula is C20H24N2O5S. The first-order chi connectivity index (χ1) is 13.4. The SMILES string of the molecule is COc1ccc(S(=O)(=O)N2CCCC2C(=O)Nc2cccc(C)c2)cc1OC. The molecule has 1 atom stereocenters. The summed E-state index contributed by atoms with van der Waals surface area (Å²) < 4.78 is 38.0. The van der Waals surface area contributed by atoms with E-state index in [1.54, 1.807) is 12.1 Å². The fourth-order valence-electron chi connectivity index (χ4n) is 3.35. The number of hydrogen-bond donors (Lipinski definition) is 1. The summed E-state index contributed by atoms with van der Waals surface area (Å²) >= 11 is 0. The predicted octanol–water partition coefficient (Wildman–Crippen LogP) is 2.80. The van der Waals surface area contributed by atoms with Crippen molar-refractivity contribution in [2.75, 3.05) is 26.1 Å². The summed E-state index contributed by atoms with van der Waals surface area (Å²) in [5.74, 6) is 0.437. The van der Waals surface area contributed by atoms with Crippen molar-refractivity contribution in [2.45, 2.75) is 30.7 Å². The number of benzene rings is 2. The Balaban J connectivity index is 1.85. The van der Waals surface area contributed by atoms with E-state index in [0.717, 1.165) is 5.56 Å². The maximum absolute atomic E-state index is 13.2. The van der Waals surface area contributed by atoms with Gasteiger partial charge in [0.25, 0.3) is 0 Å². The molecule has 8 heteroatoms. The van der Waals surface area contributed by atoms with Crippen LogP contribution in [0.1, 0.15) is 18.4 Å². The van der Waals surface area contributed by atoms with Gasteiger partial charge in [-0.2, -0.15) is 4.31 Å². The first kappa shape index (κ1) is 20.2. The highest BCUT2D eigenvalue weighted by Gasteiger charge is 2.39. The molecule has 1 aliphatic heterocycles. The van der Waals surface area contributed by atoms with Crippen molar-refractivity contribution >= 4 is 21.6 Å². The summed E-state index contributed by atoms with van der Waals surface area (Å²) in [6.45, 7) is 2.22. The average molecular weight is 404 g/mol. The number of methoxy groups -OCH3 is 2. The molecule has 28 heavy (non-hydrogen) atoms. The Morgan fingerprint density at radius 3 is 2.54 bits per heavy atom. The van der Waals surface area contributed by atoms with E-state index in [9.17, 15) is 13.2 Å². The Morgan fingerprint density at radius 1 is 1.11 bits per heavy atom. The quantitative estimate of drug-likeness (QED) is 0.800. The number of sulfonamides is 1. The maximum Gasteiger partial charge on any atom is 0.243 e. The van der Waals surface area contributed by atoms with Gasteiger partial charge >= 0.3 is 0 Å². The van der Waals surface area contributed by atoms with Crippen LogP contribution in [-0.4, -0.2) is 45.4 Å². The second-order valence-electron chi connectivity index (χ2n) is 6.65. The van der Waals surface area contributed by atoms with Crippen LogP contribution < -0.4 is 14.8 Å². The number of ether oxygens (including phenoxy) is 2. The third kappa shape index (κ3) is 3.98. The van der Waals surface area contributed by atoms with Crippen LogP contribution in [0, 0.1) is 6.92 Å². The van der Waals surface area contributed by atoms with Gasteiger partial charge in [0.1, 0.15) is 6.04 Å². The molecule has 1 fully saturated rings. The van der Waals surface area contributed by atoms with Crippen molar-refractivity contribution < 1.29 is 22.7 Å². The van der Waals surface area contributed by atoms with E-state index in [4.69, 9.17) is 9.47 Å². The lowest BCUT2D eigenvalue weighted by molar-refractivity contribution is -0.119. The summed E-state index contributed by atoms with van der Waals surface area (Å²) in [7, 11) is -0.923. The Bertz CT molecular complexity index is 974. The number of anilines is 1. The number of carbonyl (C=O) groups is 1. The highest BCUT2D eigenvalue weighted by atomic mass is 32.2. The fourth-order valence-corrected chi connectivity index (χ4v) is 5.02. The Kier molecular flexibility index (Phi) is 5.90.